The lowest BCUT2D eigenvalue weighted by atomic mass is 9.68. The summed E-state index contributed by atoms with van der Waals surface area (Å²) in [6, 6.07) is 0. The third-order valence-corrected chi connectivity index (χ3v) is 10.7. The van der Waals surface area contributed by atoms with Crippen LogP contribution in [0.2, 0.25) is 18.1 Å². The summed E-state index contributed by atoms with van der Waals surface area (Å²) in [6.07, 6.45) is -0.617. The first-order valence-corrected chi connectivity index (χ1v) is 11.9. The Morgan fingerprint density at radius 2 is 1.82 bits per heavy atom. The van der Waals surface area contributed by atoms with Crippen LogP contribution in [0.1, 0.15) is 54.9 Å². The molecule has 3 nitrogen and oxygen atoms in total. The van der Waals surface area contributed by atoms with Crippen LogP contribution in [0.4, 0.5) is 4.39 Å². The number of hydrogen-bond donors (Lipinski definition) is 0. The maximum Gasteiger partial charge on any atom is 0.192 e. The van der Waals surface area contributed by atoms with Gasteiger partial charge in [0.15, 0.2) is 8.32 Å². The van der Waals surface area contributed by atoms with Gasteiger partial charge >= 0.3 is 0 Å². The molecule has 22 heavy (non-hydrogen) atoms. The standard InChI is InChI=1S/C16H32FNO2SSi/c1-14(2,3)21(19)18-12-10-16(7,13(12)17)11-20-22(8,9)15(4,5)6/h13H,10-11H2,1-9H3/b18-12+. The summed E-state index contributed by atoms with van der Waals surface area (Å²) in [4.78, 5) is 0. The molecule has 1 aliphatic rings. The van der Waals surface area contributed by atoms with E-state index in [1.807, 2.05) is 27.7 Å². The molecule has 0 saturated heterocycles. The lowest BCUT2D eigenvalue weighted by Crippen LogP contribution is -2.54. The molecule has 0 aromatic carbocycles. The highest BCUT2D eigenvalue weighted by Crippen LogP contribution is 2.44. The van der Waals surface area contributed by atoms with Crippen LogP contribution >= 0.6 is 0 Å². The van der Waals surface area contributed by atoms with Crippen molar-refractivity contribution in [1.82, 2.24) is 0 Å². The number of halogens is 1. The molecule has 0 aromatic heterocycles. The molecule has 1 aliphatic carbocycles. The van der Waals surface area contributed by atoms with Gasteiger partial charge in [0.1, 0.15) is 17.2 Å². The maximum atomic E-state index is 14.5. The highest BCUT2D eigenvalue weighted by Gasteiger charge is 2.51. The van der Waals surface area contributed by atoms with Crippen molar-refractivity contribution in [3.8, 4) is 0 Å². The molecule has 6 heteroatoms. The molecule has 3 unspecified atom stereocenters. The summed E-state index contributed by atoms with van der Waals surface area (Å²) in [5.41, 5.74) is -0.106. The fourth-order valence-corrected chi connectivity index (χ4v) is 3.64. The van der Waals surface area contributed by atoms with Gasteiger partial charge in [0.2, 0.25) is 0 Å². The van der Waals surface area contributed by atoms with Crippen LogP contribution in [0, 0.1) is 5.41 Å². The van der Waals surface area contributed by atoms with Gasteiger partial charge in [-0.25, -0.2) is 8.60 Å². The zero-order valence-corrected chi connectivity index (χ0v) is 17.4. The minimum atomic E-state index is -1.88. The van der Waals surface area contributed by atoms with Crippen LogP contribution in [0.15, 0.2) is 4.40 Å². The Kier molecular flexibility index (Phi) is 5.53. The molecule has 0 N–H and O–H groups in total. The summed E-state index contributed by atoms with van der Waals surface area (Å²) in [6.45, 7) is 18.7. The second kappa shape index (κ2) is 6.09. The molecule has 0 radical (unpaired) electrons. The van der Waals surface area contributed by atoms with Crippen LogP contribution in [0.25, 0.3) is 0 Å². The number of hydrogen-bond acceptors (Lipinski definition) is 2. The first-order chi connectivity index (χ1) is 9.60. The highest BCUT2D eigenvalue weighted by molar-refractivity contribution is 7.85. The van der Waals surface area contributed by atoms with Crippen LogP contribution < -0.4 is 0 Å². The number of alkyl halides is 1. The molecule has 3 atom stereocenters. The number of nitrogens with zero attached hydrogens (tertiary/aromatic N) is 1. The van der Waals surface area contributed by atoms with Gasteiger partial charge in [-0.1, -0.05) is 27.7 Å². The molecule has 1 saturated carbocycles. The van der Waals surface area contributed by atoms with Crippen molar-refractivity contribution >= 4 is 25.0 Å². The molecule has 0 bridgehead atoms. The zero-order valence-electron chi connectivity index (χ0n) is 15.5. The van der Waals surface area contributed by atoms with E-state index in [0.29, 0.717) is 18.7 Å². The van der Waals surface area contributed by atoms with E-state index in [1.165, 1.54) is 0 Å². The van der Waals surface area contributed by atoms with Crippen molar-refractivity contribution in [2.24, 2.45) is 9.81 Å². The SMILES string of the molecule is CC1(CO[Si](C)(C)C(C)(C)C)C/C(=N\S(=O)C(C)(C)C)C1F. The van der Waals surface area contributed by atoms with E-state index in [2.05, 4.69) is 38.3 Å². The minimum Gasteiger partial charge on any atom is -0.416 e. The van der Waals surface area contributed by atoms with Gasteiger partial charge in [0.05, 0.1) is 10.5 Å². The van der Waals surface area contributed by atoms with Crippen LogP contribution in [0.3, 0.4) is 0 Å². The Bertz CT molecular complexity index is 480. The summed E-state index contributed by atoms with van der Waals surface area (Å²) < 4.78 is 36.3. The molecule has 0 heterocycles. The molecular weight excluding hydrogens is 317 g/mol. The largest absolute Gasteiger partial charge is 0.416 e. The normalized spacial score (nSPS) is 30.3. The molecule has 1 fully saturated rings. The fraction of sp³-hybridized carbons (Fsp3) is 0.938. The predicted octanol–water partition coefficient (Wildman–Crippen LogP) is 4.66. The predicted molar refractivity (Wildman–Crippen MR) is 96.1 cm³/mol. The second-order valence-electron chi connectivity index (χ2n) is 9.19. The van der Waals surface area contributed by atoms with Crippen LogP contribution in [-0.2, 0) is 15.4 Å². The molecule has 0 spiro atoms. The van der Waals surface area contributed by atoms with Gasteiger partial charge in [-0.2, -0.15) is 4.40 Å². The van der Waals surface area contributed by atoms with E-state index in [1.54, 1.807) is 0 Å². The topological polar surface area (TPSA) is 38.7 Å². The van der Waals surface area contributed by atoms with Crippen molar-refractivity contribution < 1.29 is 13.0 Å². The summed E-state index contributed by atoms with van der Waals surface area (Å²) in [5, 5.41) is 0.115. The second-order valence-corrected chi connectivity index (χ2v) is 15.9. The average Bonchev–Trinajstić information content (AvgIpc) is 2.33. The summed E-state index contributed by atoms with van der Waals surface area (Å²) in [7, 11) is -3.27. The van der Waals surface area contributed by atoms with Crippen molar-refractivity contribution in [2.75, 3.05) is 6.61 Å². The average molecular weight is 350 g/mol. The summed E-state index contributed by atoms with van der Waals surface area (Å²) in [5.74, 6) is 0. The fourth-order valence-electron chi connectivity index (χ4n) is 1.87. The van der Waals surface area contributed by atoms with Gasteiger partial charge in [-0.3, -0.25) is 0 Å². The zero-order chi connectivity index (χ0) is 17.6. The van der Waals surface area contributed by atoms with Gasteiger partial charge in [-0.05, 0) is 38.9 Å². The molecule has 0 amide bonds. The molecule has 0 aliphatic heterocycles. The third kappa shape index (κ3) is 4.26. The Morgan fingerprint density at radius 3 is 2.18 bits per heavy atom. The van der Waals surface area contributed by atoms with Crippen molar-refractivity contribution in [3.05, 3.63) is 0 Å². The molecule has 0 aromatic rings. The quantitative estimate of drug-likeness (QED) is 0.692. The van der Waals surface area contributed by atoms with Crippen molar-refractivity contribution in [3.63, 3.8) is 0 Å². The van der Waals surface area contributed by atoms with Gasteiger partial charge < -0.3 is 4.43 Å². The van der Waals surface area contributed by atoms with E-state index in [9.17, 15) is 8.60 Å². The number of rotatable bonds is 4. The van der Waals surface area contributed by atoms with Crippen molar-refractivity contribution in [2.45, 2.75) is 83.9 Å². The minimum absolute atomic E-state index is 0.115. The van der Waals surface area contributed by atoms with Crippen molar-refractivity contribution in [1.29, 1.82) is 0 Å². The highest BCUT2D eigenvalue weighted by atomic mass is 32.2. The van der Waals surface area contributed by atoms with Gasteiger partial charge in [0, 0.05) is 18.4 Å². The first-order valence-electron chi connectivity index (χ1n) is 7.88. The maximum absolute atomic E-state index is 14.5. The molecule has 1 rings (SSSR count). The van der Waals surface area contributed by atoms with E-state index in [-0.39, 0.29) is 5.04 Å². The van der Waals surface area contributed by atoms with Gasteiger partial charge in [0.25, 0.3) is 0 Å². The Labute approximate surface area is 138 Å². The van der Waals surface area contributed by atoms with Gasteiger partial charge in [-0.15, -0.1) is 0 Å². The van der Waals surface area contributed by atoms with E-state index in [0.717, 1.165) is 0 Å². The lowest BCUT2D eigenvalue weighted by Gasteiger charge is -2.46. The van der Waals surface area contributed by atoms with Crippen LogP contribution in [0.5, 0.6) is 0 Å². The van der Waals surface area contributed by atoms with E-state index < -0.39 is 35.6 Å². The first kappa shape index (κ1) is 20.0. The molecular formula is C16H32FNO2SSi. The molecule has 130 valence electrons. The van der Waals surface area contributed by atoms with E-state index >= 15 is 0 Å². The Balaban J connectivity index is 2.70. The smallest absolute Gasteiger partial charge is 0.192 e. The monoisotopic (exact) mass is 349 g/mol. The third-order valence-electron chi connectivity index (χ3n) is 4.78. The Hall–Kier alpha value is -0.0731. The van der Waals surface area contributed by atoms with Crippen LogP contribution in [-0.4, -0.2) is 35.8 Å². The summed E-state index contributed by atoms with van der Waals surface area (Å²) >= 11 is 0. The van der Waals surface area contributed by atoms with E-state index in [4.69, 9.17) is 4.43 Å². The lowest BCUT2D eigenvalue weighted by molar-refractivity contribution is 0.0626. The Morgan fingerprint density at radius 1 is 1.32 bits per heavy atom.